The van der Waals surface area contributed by atoms with E-state index in [1.807, 2.05) is 19.1 Å². The summed E-state index contributed by atoms with van der Waals surface area (Å²) in [5, 5.41) is 2.78. The van der Waals surface area contributed by atoms with E-state index in [2.05, 4.69) is 41.1 Å². The van der Waals surface area contributed by atoms with Crippen LogP contribution in [0.1, 0.15) is 40.0 Å². The predicted octanol–water partition coefficient (Wildman–Crippen LogP) is 4.36. The van der Waals surface area contributed by atoms with Crippen LogP contribution in [0.3, 0.4) is 0 Å². The molecule has 0 aromatic heterocycles. The van der Waals surface area contributed by atoms with E-state index in [4.69, 9.17) is 12.2 Å². The molecule has 1 saturated heterocycles. The van der Waals surface area contributed by atoms with Gasteiger partial charge in [-0.05, 0) is 64.3 Å². The van der Waals surface area contributed by atoms with E-state index in [-0.39, 0.29) is 11.2 Å². The van der Waals surface area contributed by atoms with Crippen LogP contribution in [0.25, 0.3) is 0 Å². The lowest BCUT2D eigenvalue weighted by Gasteiger charge is -2.29. The van der Waals surface area contributed by atoms with Gasteiger partial charge in [-0.25, -0.2) is 0 Å². The molecule has 25 heavy (non-hydrogen) atoms. The van der Waals surface area contributed by atoms with Gasteiger partial charge in [-0.2, -0.15) is 0 Å². The highest BCUT2D eigenvalue weighted by Gasteiger charge is 2.18. The Morgan fingerprint density at radius 1 is 1.20 bits per heavy atom. The van der Waals surface area contributed by atoms with Gasteiger partial charge in [0.25, 0.3) is 0 Å². The lowest BCUT2D eigenvalue weighted by Crippen LogP contribution is -2.31. The summed E-state index contributed by atoms with van der Waals surface area (Å²) in [6.07, 6.45) is 3.86. The number of thioether (sulfide) groups is 1. The van der Waals surface area contributed by atoms with Gasteiger partial charge in [-0.15, -0.1) is 0 Å². The molecule has 1 N–H and O–H groups in total. The summed E-state index contributed by atoms with van der Waals surface area (Å²) < 4.78 is 0.785. The highest BCUT2D eigenvalue weighted by Crippen LogP contribution is 2.23. The molecule has 0 saturated carbocycles. The number of nitrogens with zero attached hydrogens (tertiary/aromatic N) is 2. The van der Waals surface area contributed by atoms with Crippen molar-refractivity contribution < 1.29 is 4.79 Å². The van der Waals surface area contributed by atoms with Gasteiger partial charge in [0.05, 0.1) is 5.25 Å². The van der Waals surface area contributed by atoms with Crippen molar-refractivity contribution in [3.8, 4) is 0 Å². The van der Waals surface area contributed by atoms with Crippen LogP contribution < -0.4 is 10.2 Å². The number of anilines is 2. The number of amides is 1. The predicted molar refractivity (Wildman–Crippen MR) is 114 cm³/mol. The number of benzene rings is 1. The van der Waals surface area contributed by atoms with E-state index in [1.54, 1.807) is 0 Å². The van der Waals surface area contributed by atoms with E-state index in [9.17, 15) is 4.79 Å². The molecule has 0 unspecified atom stereocenters. The monoisotopic (exact) mass is 379 g/mol. The summed E-state index contributed by atoms with van der Waals surface area (Å²) in [4.78, 5) is 16.9. The maximum atomic E-state index is 12.4. The number of nitrogens with one attached hydrogen (secondary N) is 1. The average molecular weight is 380 g/mol. The average Bonchev–Trinajstić information content (AvgIpc) is 2.64. The van der Waals surface area contributed by atoms with E-state index < -0.39 is 0 Å². The van der Waals surface area contributed by atoms with Gasteiger partial charge in [0.2, 0.25) is 5.91 Å². The SMILES string of the molecule is CCN(CC)C(=S)S[C@@H](C)C(=O)Nc1ccc(N2CCCCC2)cc1. The first-order chi connectivity index (χ1) is 12.0. The molecule has 1 heterocycles. The first-order valence-corrected chi connectivity index (χ1v) is 10.4. The van der Waals surface area contributed by atoms with Crippen LogP contribution in [-0.2, 0) is 4.79 Å². The summed E-state index contributed by atoms with van der Waals surface area (Å²) in [6.45, 7) is 10.0. The number of carbonyl (C=O) groups is 1. The fourth-order valence-electron chi connectivity index (χ4n) is 2.91. The Bertz CT molecular complexity index is 567. The summed E-state index contributed by atoms with van der Waals surface area (Å²) >= 11 is 6.87. The van der Waals surface area contributed by atoms with E-state index in [0.717, 1.165) is 36.2 Å². The Balaban J connectivity index is 1.88. The highest BCUT2D eigenvalue weighted by atomic mass is 32.2. The minimum atomic E-state index is -0.213. The molecule has 1 aliphatic heterocycles. The standard InChI is InChI=1S/C19H29N3OS2/c1-4-21(5-2)19(24)25-15(3)18(23)20-16-9-11-17(12-10-16)22-13-7-6-8-14-22/h9-12,15H,4-8,13-14H2,1-3H3,(H,20,23)/t15-/m0/s1. The fraction of sp³-hybridized carbons (Fsp3) is 0.579. The molecule has 1 aromatic rings. The van der Waals surface area contributed by atoms with Crippen molar-refractivity contribution in [2.45, 2.75) is 45.3 Å². The molecule has 4 nitrogen and oxygen atoms in total. The van der Waals surface area contributed by atoms with Crippen molar-refractivity contribution in [1.29, 1.82) is 0 Å². The number of hydrogen-bond donors (Lipinski definition) is 1. The minimum Gasteiger partial charge on any atom is -0.372 e. The van der Waals surface area contributed by atoms with E-state index >= 15 is 0 Å². The number of rotatable bonds is 6. The zero-order chi connectivity index (χ0) is 18.2. The number of thiocarbonyl (C=S) groups is 1. The topological polar surface area (TPSA) is 35.6 Å². The molecule has 1 amide bonds. The van der Waals surface area contributed by atoms with E-state index in [1.165, 1.54) is 36.7 Å². The van der Waals surface area contributed by atoms with Crippen LogP contribution in [0, 0.1) is 0 Å². The fourth-order valence-corrected chi connectivity index (χ4v) is 4.48. The van der Waals surface area contributed by atoms with Crippen LogP contribution in [-0.4, -0.2) is 46.6 Å². The maximum Gasteiger partial charge on any atom is 0.237 e. The van der Waals surface area contributed by atoms with Crippen molar-refractivity contribution >= 4 is 45.6 Å². The van der Waals surface area contributed by atoms with Gasteiger partial charge >= 0.3 is 0 Å². The Hall–Kier alpha value is -1.27. The highest BCUT2D eigenvalue weighted by molar-refractivity contribution is 8.23. The quantitative estimate of drug-likeness (QED) is 0.743. The first-order valence-electron chi connectivity index (χ1n) is 9.16. The lowest BCUT2D eigenvalue weighted by molar-refractivity contribution is -0.115. The lowest BCUT2D eigenvalue weighted by atomic mass is 10.1. The zero-order valence-electron chi connectivity index (χ0n) is 15.5. The van der Waals surface area contributed by atoms with Gasteiger partial charge in [0.1, 0.15) is 4.32 Å². The van der Waals surface area contributed by atoms with Gasteiger partial charge in [-0.3, -0.25) is 4.79 Å². The largest absolute Gasteiger partial charge is 0.372 e. The molecule has 0 spiro atoms. The third-order valence-corrected chi connectivity index (χ3v) is 6.10. The molecule has 0 aliphatic carbocycles. The van der Waals surface area contributed by atoms with Crippen LogP contribution in [0.2, 0.25) is 0 Å². The third kappa shape index (κ3) is 5.89. The summed E-state index contributed by atoms with van der Waals surface area (Å²) in [7, 11) is 0. The molecule has 1 atom stereocenters. The third-order valence-electron chi connectivity index (χ3n) is 4.52. The second kappa shape index (κ2) is 10.0. The molecular formula is C19H29N3OS2. The van der Waals surface area contributed by atoms with Crippen molar-refractivity contribution in [3.05, 3.63) is 24.3 Å². The minimum absolute atomic E-state index is 0.00905. The Labute approximate surface area is 161 Å². The van der Waals surface area contributed by atoms with Crippen molar-refractivity contribution in [2.75, 3.05) is 36.4 Å². The Kier molecular flexibility index (Phi) is 8.03. The molecule has 1 aromatic carbocycles. The molecule has 2 rings (SSSR count). The maximum absolute atomic E-state index is 12.4. The molecule has 1 aliphatic rings. The van der Waals surface area contributed by atoms with E-state index in [0.29, 0.717) is 0 Å². The van der Waals surface area contributed by atoms with Gasteiger partial charge < -0.3 is 15.1 Å². The Morgan fingerprint density at radius 3 is 2.36 bits per heavy atom. The molecular weight excluding hydrogens is 350 g/mol. The normalized spacial score (nSPS) is 15.6. The number of carbonyl (C=O) groups excluding carboxylic acids is 1. The summed E-state index contributed by atoms with van der Waals surface area (Å²) in [5.41, 5.74) is 2.08. The summed E-state index contributed by atoms with van der Waals surface area (Å²) in [6, 6.07) is 8.17. The summed E-state index contributed by atoms with van der Waals surface area (Å²) in [5.74, 6) is -0.00905. The first kappa shape index (κ1) is 20.0. The van der Waals surface area contributed by atoms with Crippen LogP contribution in [0.5, 0.6) is 0 Å². The molecule has 6 heteroatoms. The smallest absolute Gasteiger partial charge is 0.237 e. The van der Waals surface area contributed by atoms with Crippen molar-refractivity contribution in [3.63, 3.8) is 0 Å². The number of piperidine rings is 1. The van der Waals surface area contributed by atoms with Crippen LogP contribution >= 0.6 is 24.0 Å². The second-order valence-electron chi connectivity index (χ2n) is 6.28. The molecule has 1 fully saturated rings. The van der Waals surface area contributed by atoms with Gasteiger partial charge in [-0.1, -0.05) is 24.0 Å². The van der Waals surface area contributed by atoms with Crippen LogP contribution in [0.4, 0.5) is 11.4 Å². The molecule has 138 valence electrons. The molecule has 0 radical (unpaired) electrons. The number of hydrogen-bond acceptors (Lipinski definition) is 4. The van der Waals surface area contributed by atoms with Gasteiger partial charge in [0, 0.05) is 37.6 Å². The Morgan fingerprint density at radius 2 is 1.80 bits per heavy atom. The van der Waals surface area contributed by atoms with Crippen molar-refractivity contribution in [2.24, 2.45) is 0 Å². The van der Waals surface area contributed by atoms with Crippen LogP contribution in [0.15, 0.2) is 24.3 Å². The zero-order valence-corrected chi connectivity index (χ0v) is 17.1. The van der Waals surface area contributed by atoms with Crippen molar-refractivity contribution in [1.82, 2.24) is 4.90 Å². The molecule has 0 bridgehead atoms. The van der Waals surface area contributed by atoms with Gasteiger partial charge in [0.15, 0.2) is 0 Å². The second-order valence-corrected chi connectivity index (χ2v) is 8.26.